The molecule has 2 rings (SSSR count). The summed E-state index contributed by atoms with van der Waals surface area (Å²) in [6.07, 6.45) is 16.9. The summed E-state index contributed by atoms with van der Waals surface area (Å²) >= 11 is -2.92. The van der Waals surface area contributed by atoms with E-state index < -0.39 is 17.4 Å². The molecule has 2 aliphatic carbocycles. The van der Waals surface area contributed by atoms with Crippen molar-refractivity contribution in [3.8, 4) is 0 Å². The molecule has 0 saturated heterocycles. The Balaban J connectivity index is 0.00000162. The van der Waals surface area contributed by atoms with Crippen molar-refractivity contribution in [2.75, 3.05) is 6.61 Å². The van der Waals surface area contributed by atoms with Crippen molar-refractivity contribution in [1.29, 1.82) is 0 Å². The van der Waals surface area contributed by atoms with E-state index in [1.54, 1.807) is 6.56 Å². The van der Waals surface area contributed by atoms with Gasteiger partial charge in [-0.05, 0) is 0 Å². The Kier molecular flexibility index (Phi) is 7.80. The van der Waals surface area contributed by atoms with Crippen LogP contribution in [-0.2, 0) is 17.4 Å². The second-order valence-corrected chi connectivity index (χ2v) is 32.7. The molecule has 0 spiro atoms. The summed E-state index contributed by atoms with van der Waals surface area (Å²) in [6.45, 7) is 2.63. The second kappa shape index (κ2) is 7.56. The topological polar surface area (TPSA) is 20.2 Å². The van der Waals surface area contributed by atoms with Crippen LogP contribution in [0.1, 0.15) is 19.3 Å². The zero-order chi connectivity index (χ0) is 12.4. The van der Waals surface area contributed by atoms with Gasteiger partial charge in [0.15, 0.2) is 0 Å². The van der Waals surface area contributed by atoms with E-state index in [1.807, 2.05) is 0 Å². The van der Waals surface area contributed by atoms with Gasteiger partial charge < -0.3 is 0 Å². The zero-order valence-corrected chi connectivity index (χ0v) is 17.0. The van der Waals surface area contributed by atoms with Crippen LogP contribution in [0.3, 0.4) is 0 Å². The molecule has 0 heterocycles. The van der Waals surface area contributed by atoms with E-state index in [0.29, 0.717) is 6.61 Å². The molecule has 0 amide bonds. The monoisotopic (exact) mass is 396 g/mol. The molecule has 0 aromatic carbocycles. The number of aliphatic hydroxyl groups is 1. The van der Waals surface area contributed by atoms with Gasteiger partial charge in [-0.1, -0.05) is 0 Å². The van der Waals surface area contributed by atoms with Crippen LogP contribution in [0.25, 0.3) is 0 Å². The Morgan fingerprint density at radius 3 is 1.89 bits per heavy atom. The first-order valence-electron chi connectivity index (χ1n) is 6.46. The first-order chi connectivity index (χ1) is 8.07. The standard InChI is InChI=1S/2C5H5.C3H7O.CH3.2ClH.H2Si.Zr/c2*1-2-4-5-3-1;1-2-3-4;;;;;/h2*1-3H,4H2;4H,1-3H2;1H3;2*1H;1H2;. The van der Waals surface area contributed by atoms with Gasteiger partial charge in [-0.25, -0.2) is 0 Å². The fraction of sp³-hybridized carbons (Fsp3) is 0.429. The zero-order valence-electron chi connectivity index (χ0n) is 11.5. The molecule has 0 fully saturated rings. The number of rotatable bonds is 5. The van der Waals surface area contributed by atoms with Crippen molar-refractivity contribution in [1.82, 2.24) is 0 Å². The SMILES string of the molecule is Cl.Cl.[CH3][Zr](=[SiH2])([CH2]CCO)([C]1=CC=CC1)[C]1=CC=CC1. The van der Waals surface area contributed by atoms with Gasteiger partial charge in [0, 0.05) is 0 Å². The molecule has 0 aromatic rings. The maximum atomic E-state index is 9.20. The predicted molar refractivity (Wildman–Crippen MR) is 89.1 cm³/mol. The van der Waals surface area contributed by atoms with Crippen LogP contribution in [0.2, 0.25) is 8.76 Å². The molecule has 0 atom stereocenters. The molecule has 0 aliphatic heterocycles. The molecule has 0 saturated carbocycles. The van der Waals surface area contributed by atoms with Gasteiger partial charge in [0.1, 0.15) is 0 Å². The van der Waals surface area contributed by atoms with E-state index in [1.165, 1.54) is 4.13 Å². The van der Waals surface area contributed by atoms with Gasteiger partial charge in [-0.15, -0.1) is 24.8 Å². The summed E-state index contributed by atoms with van der Waals surface area (Å²) < 4.78 is 7.20. The minimum atomic E-state index is -2.92. The van der Waals surface area contributed by atoms with Crippen molar-refractivity contribution >= 4 is 31.7 Å². The number of allylic oxidation sites excluding steroid dienone is 8. The summed E-state index contributed by atoms with van der Waals surface area (Å²) in [7, 11) is 0. The van der Waals surface area contributed by atoms with Crippen LogP contribution in [0.15, 0.2) is 43.0 Å². The maximum absolute atomic E-state index is 9.20. The van der Waals surface area contributed by atoms with E-state index in [9.17, 15) is 5.11 Å². The van der Waals surface area contributed by atoms with Gasteiger partial charge in [0.2, 0.25) is 0 Å². The van der Waals surface area contributed by atoms with E-state index in [4.69, 9.17) is 0 Å². The molecular weight excluding hydrogens is 374 g/mol. The third-order valence-electron chi connectivity index (χ3n) is 4.43. The van der Waals surface area contributed by atoms with Crippen molar-refractivity contribution < 1.29 is 22.5 Å². The molecular formula is C14H24Cl2OSiZr. The summed E-state index contributed by atoms with van der Waals surface area (Å²) in [5.74, 6) is 0. The number of hydrogen-bond donors (Lipinski definition) is 1. The van der Waals surface area contributed by atoms with Gasteiger partial charge in [0.05, 0.1) is 0 Å². The van der Waals surface area contributed by atoms with E-state index in [-0.39, 0.29) is 24.8 Å². The summed E-state index contributed by atoms with van der Waals surface area (Å²) in [6, 6.07) is 0. The van der Waals surface area contributed by atoms with Gasteiger partial charge in [0.25, 0.3) is 0 Å². The Morgan fingerprint density at radius 1 is 1.11 bits per heavy atom. The molecule has 1 N–H and O–H groups in total. The Bertz CT molecular complexity index is 470. The van der Waals surface area contributed by atoms with E-state index >= 15 is 0 Å². The quantitative estimate of drug-likeness (QED) is 0.702. The third kappa shape index (κ3) is 3.83. The Morgan fingerprint density at radius 2 is 1.58 bits per heavy atom. The average molecular weight is 399 g/mol. The molecule has 108 valence electrons. The van der Waals surface area contributed by atoms with Gasteiger partial charge in [-0.2, -0.15) is 0 Å². The minimum absolute atomic E-state index is 0. The van der Waals surface area contributed by atoms with Crippen molar-refractivity contribution in [3.05, 3.63) is 43.0 Å². The molecule has 5 heteroatoms. The normalized spacial score (nSPS) is 17.6. The van der Waals surface area contributed by atoms with Crippen LogP contribution in [0.4, 0.5) is 0 Å². The molecule has 0 aromatic heterocycles. The molecule has 0 bridgehead atoms. The van der Waals surface area contributed by atoms with Crippen LogP contribution in [-0.4, -0.2) is 18.6 Å². The number of halogens is 2. The summed E-state index contributed by atoms with van der Waals surface area (Å²) in [4.78, 5) is 0. The van der Waals surface area contributed by atoms with Gasteiger partial charge in [-0.3, -0.25) is 0 Å². The molecule has 0 unspecified atom stereocenters. The Hall–Kier alpha value is 0.600. The third-order valence-corrected chi connectivity index (χ3v) is 27.1. The van der Waals surface area contributed by atoms with E-state index in [0.717, 1.165) is 19.3 Å². The first-order valence-corrected chi connectivity index (χ1v) is 19.0. The summed E-state index contributed by atoms with van der Waals surface area (Å²) in [5.41, 5.74) is 0. The van der Waals surface area contributed by atoms with Crippen molar-refractivity contribution in [3.63, 3.8) is 0 Å². The van der Waals surface area contributed by atoms with Crippen LogP contribution >= 0.6 is 24.8 Å². The fourth-order valence-corrected chi connectivity index (χ4v) is 19.3. The molecule has 1 nitrogen and oxygen atoms in total. The van der Waals surface area contributed by atoms with Crippen LogP contribution in [0, 0.1) is 0 Å². The molecule has 19 heavy (non-hydrogen) atoms. The molecule has 0 radical (unpaired) electrons. The molecule has 2 aliphatic rings. The van der Waals surface area contributed by atoms with Crippen molar-refractivity contribution in [2.45, 2.75) is 28.0 Å². The first kappa shape index (κ1) is 19.6. The van der Waals surface area contributed by atoms with Gasteiger partial charge >= 0.3 is 107 Å². The number of aliphatic hydroxyl groups excluding tert-OH is 1. The Labute approximate surface area is 131 Å². The number of hydrogen-bond acceptors (Lipinski definition) is 1. The van der Waals surface area contributed by atoms with Crippen LogP contribution < -0.4 is 0 Å². The van der Waals surface area contributed by atoms with Crippen molar-refractivity contribution in [2.24, 2.45) is 0 Å². The second-order valence-electron chi connectivity index (χ2n) is 5.76. The average Bonchev–Trinajstić information content (AvgIpc) is 2.98. The summed E-state index contributed by atoms with van der Waals surface area (Å²) in [5, 5.41) is 9.20. The fourth-order valence-electron chi connectivity index (χ4n) is 3.06. The predicted octanol–water partition coefficient (Wildman–Crippen LogP) is 3.60. The van der Waals surface area contributed by atoms with E-state index in [2.05, 4.69) is 48.0 Å². The van der Waals surface area contributed by atoms with Crippen LogP contribution in [0.5, 0.6) is 0 Å².